The predicted octanol–water partition coefficient (Wildman–Crippen LogP) is -0.657. The summed E-state index contributed by atoms with van der Waals surface area (Å²) in [4.78, 5) is 33.9. The molecule has 116 valence electrons. The average molecular weight is 290 g/mol. The Bertz CT molecular complexity index is 312. The number of amides is 1. The van der Waals surface area contributed by atoms with Gasteiger partial charge in [-0.25, -0.2) is 9.59 Å². The summed E-state index contributed by atoms with van der Waals surface area (Å²) >= 11 is 0. The van der Waals surface area contributed by atoms with E-state index in [0.717, 1.165) is 39.4 Å². The molecule has 0 saturated carbocycles. The third-order valence-electron chi connectivity index (χ3n) is 2.76. The molecule has 20 heavy (non-hydrogen) atoms. The minimum Gasteiger partial charge on any atom is -0.473 e. The number of rotatable bonds is 4. The Labute approximate surface area is 117 Å². The first-order valence-corrected chi connectivity index (χ1v) is 6.46. The molecule has 0 atom stereocenters. The first-order chi connectivity index (χ1) is 9.42. The van der Waals surface area contributed by atoms with E-state index >= 15 is 0 Å². The molecule has 1 fully saturated rings. The van der Waals surface area contributed by atoms with Gasteiger partial charge in [0.15, 0.2) is 0 Å². The average Bonchev–Trinajstić information content (AvgIpc) is 2.41. The van der Waals surface area contributed by atoms with Gasteiger partial charge in [-0.1, -0.05) is 0 Å². The SMILES string of the molecule is CCN(CC)C(=O)CN1CCOCC1.O=C(O)C(=O)O. The number of hydrogen-bond acceptors (Lipinski definition) is 5. The van der Waals surface area contributed by atoms with Crippen LogP contribution in [0.2, 0.25) is 0 Å². The van der Waals surface area contributed by atoms with Gasteiger partial charge in [0.25, 0.3) is 0 Å². The number of carbonyl (C=O) groups excluding carboxylic acids is 1. The van der Waals surface area contributed by atoms with Crippen LogP contribution in [0.4, 0.5) is 0 Å². The highest BCUT2D eigenvalue weighted by atomic mass is 16.5. The molecule has 0 radical (unpaired) electrons. The number of carbonyl (C=O) groups is 3. The molecule has 0 bridgehead atoms. The van der Waals surface area contributed by atoms with E-state index in [4.69, 9.17) is 24.5 Å². The number of nitrogens with zero attached hydrogens (tertiary/aromatic N) is 2. The van der Waals surface area contributed by atoms with Crippen molar-refractivity contribution in [2.75, 3.05) is 45.9 Å². The lowest BCUT2D eigenvalue weighted by molar-refractivity contribution is -0.159. The smallest absolute Gasteiger partial charge is 0.414 e. The van der Waals surface area contributed by atoms with Crippen LogP contribution >= 0.6 is 0 Å². The van der Waals surface area contributed by atoms with E-state index in [2.05, 4.69) is 4.90 Å². The van der Waals surface area contributed by atoms with Gasteiger partial charge in [-0.05, 0) is 13.8 Å². The number of aliphatic carboxylic acids is 2. The Kier molecular flexibility index (Phi) is 9.31. The molecule has 2 N–H and O–H groups in total. The fourth-order valence-corrected chi connectivity index (χ4v) is 1.63. The van der Waals surface area contributed by atoms with E-state index in [0.29, 0.717) is 6.54 Å². The second-order valence-corrected chi connectivity index (χ2v) is 4.06. The molecule has 1 aliphatic rings. The summed E-state index contributed by atoms with van der Waals surface area (Å²) in [6.07, 6.45) is 0. The van der Waals surface area contributed by atoms with Gasteiger partial charge < -0.3 is 19.8 Å². The van der Waals surface area contributed by atoms with E-state index in [9.17, 15) is 4.79 Å². The summed E-state index contributed by atoms with van der Waals surface area (Å²) in [5.74, 6) is -3.41. The first kappa shape index (κ1) is 18.3. The maximum absolute atomic E-state index is 11.7. The number of morpholine rings is 1. The van der Waals surface area contributed by atoms with Crippen molar-refractivity contribution in [2.24, 2.45) is 0 Å². The fourth-order valence-electron chi connectivity index (χ4n) is 1.63. The van der Waals surface area contributed by atoms with Crippen molar-refractivity contribution < 1.29 is 29.3 Å². The van der Waals surface area contributed by atoms with Crippen LogP contribution in [-0.2, 0) is 19.1 Å². The minimum absolute atomic E-state index is 0.233. The Morgan fingerprint density at radius 3 is 1.85 bits per heavy atom. The molecule has 0 aliphatic carbocycles. The van der Waals surface area contributed by atoms with E-state index in [1.165, 1.54) is 0 Å². The number of carboxylic acid groups (broad SMARTS) is 2. The lowest BCUT2D eigenvalue weighted by Crippen LogP contribution is -2.44. The van der Waals surface area contributed by atoms with Gasteiger partial charge >= 0.3 is 11.9 Å². The standard InChI is InChI=1S/C10H20N2O2.C2H2O4/c1-3-12(4-2)10(13)9-11-5-7-14-8-6-11;3-1(4)2(5)6/h3-9H2,1-2H3;(H,3,4)(H,5,6). The van der Waals surface area contributed by atoms with Crippen molar-refractivity contribution >= 4 is 17.8 Å². The van der Waals surface area contributed by atoms with Gasteiger partial charge in [-0.3, -0.25) is 9.69 Å². The molecule has 1 aliphatic heterocycles. The summed E-state index contributed by atoms with van der Waals surface area (Å²) < 4.78 is 5.23. The third-order valence-corrected chi connectivity index (χ3v) is 2.76. The van der Waals surface area contributed by atoms with E-state index < -0.39 is 11.9 Å². The molecule has 0 aromatic rings. The van der Waals surface area contributed by atoms with Gasteiger partial charge in [0, 0.05) is 26.2 Å². The van der Waals surface area contributed by atoms with Crippen LogP contribution in [0.15, 0.2) is 0 Å². The molecule has 1 saturated heterocycles. The minimum atomic E-state index is -1.82. The Balaban J connectivity index is 0.000000511. The van der Waals surface area contributed by atoms with Gasteiger partial charge in [0.05, 0.1) is 19.8 Å². The third kappa shape index (κ3) is 7.70. The maximum atomic E-state index is 11.7. The number of ether oxygens (including phenoxy) is 1. The van der Waals surface area contributed by atoms with Crippen molar-refractivity contribution in [3.63, 3.8) is 0 Å². The van der Waals surface area contributed by atoms with Gasteiger partial charge in [-0.15, -0.1) is 0 Å². The predicted molar refractivity (Wildman–Crippen MR) is 70.5 cm³/mol. The topological polar surface area (TPSA) is 107 Å². The molecule has 8 nitrogen and oxygen atoms in total. The fraction of sp³-hybridized carbons (Fsp3) is 0.750. The summed E-state index contributed by atoms with van der Waals surface area (Å²) in [5, 5.41) is 14.8. The molecule has 0 unspecified atom stereocenters. The highest BCUT2D eigenvalue weighted by Crippen LogP contribution is 1.98. The molecule has 1 amide bonds. The van der Waals surface area contributed by atoms with E-state index in [1.807, 2.05) is 18.7 Å². The molecular formula is C12H22N2O6. The summed E-state index contributed by atoms with van der Waals surface area (Å²) in [6.45, 7) is 9.46. The summed E-state index contributed by atoms with van der Waals surface area (Å²) in [6, 6.07) is 0. The normalized spacial score (nSPS) is 14.9. The van der Waals surface area contributed by atoms with E-state index in [-0.39, 0.29) is 5.91 Å². The molecular weight excluding hydrogens is 268 g/mol. The van der Waals surface area contributed by atoms with Gasteiger partial charge in [0.2, 0.25) is 5.91 Å². The van der Waals surface area contributed by atoms with Crippen molar-refractivity contribution in [3.8, 4) is 0 Å². The molecule has 8 heteroatoms. The molecule has 0 aromatic carbocycles. The lowest BCUT2D eigenvalue weighted by Gasteiger charge is -2.28. The first-order valence-electron chi connectivity index (χ1n) is 6.46. The van der Waals surface area contributed by atoms with E-state index in [1.54, 1.807) is 0 Å². The second-order valence-electron chi connectivity index (χ2n) is 4.06. The highest BCUT2D eigenvalue weighted by molar-refractivity contribution is 6.27. The van der Waals surface area contributed by atoms with Crippen molar-refractivity contribution in [3.05, 3.63) is 0 Å². The molecule has 0 aromatic heterocycles. The number of hydrogen-bond donors (Lipinski definition) is 2. The van der Waals surface area contributed by atoms with Crippen molar-refractivity contribution in [1.82, 2.24) is 9.80 Å². The Morgan fingerprint density at radius 1 is 1.05 bits per heavy atom. The van der Waals surface area contributed by atoms with Gasteiger partial charge in [0.1, 0.15) is 0 Å². The second kappa shape index (κ2) is 10.2. The van der Waals surface area contributed by atoms with Crippen LogP contribution in [0.3, 0.4) is 0 Å². The van der Waals surface area contributed by atoms with Crippen molar-refractivity contribution in [1.29, 1.82) is 0 Å². The van der Waals surface area contributed by atoms with Crippen LogP contribution in [-0.4, -0.2) is 83.8 Å². The zero-order chi connectivity index (χ0) is 15.5. The number of likely N-dealkylation sites (N-methyl/N-ethyl adjacent to an activating group) is 1. The Morgan fingerprint density at radius 2 is 1.50 bits per heavy atom. The zero-order valence-electron chi connectivity index (χ0n) is 11.9. The quantitative estimate of drug-likeness (QED) is 0.662. The maximum Gasteiger partial charge on any atom is 0.414 e. The molecule has 1 rings (SSSR count). The monoisotopic (exact) mass is 290 g/mol. The van der Waals surface area contributed by atoms with Crippen LogP contribution in [0.1, 0.15) is 13.8 Å². The number of carboxylic acids is 2. The Hall–Kier alpha value is -1.67. The summed E-state index contributed by atoms with van der Waals surface area (Å²) in [5.41, 5.74) is 0. The largest absolute Gasteiger partial charge is 0.473 e. The molecule has 0 spiro atoms. The van der Waals surface area contributed by atoms with Crippen molar-refractivity contribution in [2.45, 2.75) is 13.8 Å². The summed E-state index contributed by atoms with van der Waals surface area (Å²) in [7, 11) is 0. The van der Waals surface area contributed by atoms with Crippen LogP contribution in [0, 0.1) is 0 Å². The highest BCUT2D eigenvalue weighted by Gasteiger charge is 2.16. The van der Waals surface area contributed by atoms with Crippen LogP contribution < -0.4 is 0 Å². The molecule has 1 heterocycles. The zero-order valence-corrected chi connectivity index (χ0v) is 11.9. The van der Waals surface area contributed by atoms with Gasteiger partial charge in [-0.2, -0.15) is 0 Å². The van der Waals surface area contributed by atoms with Crippen LogP contribution in [0.5, 0.6) is 0 Å². The lowest BCUT2D eigenvalue weighted by atomic mass is 10.3. The van der Waals surface area contributed by atoms with Crippen LogP contribution in [0.25, 0.3) is 0 Å².